The van der Waals surface area contributed by atoms with Gasteiger partial charge in [0.15, 0.2) is 5.78 Å². The van der Waals surface area contributed by atoms with Crippen LogP contribution in [0.15, 0.2) is 30.3 Å². The Morgan fingerprint density at radius 1 is 1.00 bits per heavy atom. The average Bonchev–Trinajstić information content (AvgIpc) is 2.36. The number of hydrogen-bond donors (Lipinski definition) is 0. The highest BCUT2D eigenvalue weighted by atomic mass is 35.5. The maximum atomic E-state index is 13.7. The molecule has 0 saturated heterocycles. The molecule has 0 N–H and O–H groups in total. The van der Waals surface area contributed by atoms with Crippen LogP contribution in [0.3, 0.4) is 0 Å². The van der Waals surface area contributed by atoms with Crippen LogP contribution in [0.2, 0.25) is 5.02 Å². The second-order valence-corrected chi connectivity index (χ2v) is 4.80. The summed E-state index contributed by atoms with van der Waals surface area (Å²) in [6, 6.07) is 6.93. The van der Waals surface area contributed by atoms with E-state index in [9.17, 15) is 13.6 Å². The van der Waals surface area contributed by atoms with Gasteiger partial charge in [-0.15, -0.1) is 0 Å². The van der Waals surface area contributed by atoms with E-state index in [1.807, 2.05) is 13.0 Å². The monoisotopic (exact) mass is 280 g/mol. The summed E-state index contributed by atoms with van der Waals surface area (Å²) in [6.07, 6.45) is 0. The number of halogens is 3. The van der Waals surface area contributed by atoms with Crippen molar-refractivity contribution in [3.63, 3.8) is 0 Å². The Hall–Kier alpha value is -1.74. The first-order valence-corrected chi connectivity index (χ1v) is 6.04. The summed E-state index contributed by atoms with van der Waals surface area (Å²) < 4.78 is 27.1. The molecule has 1 nitrogen and oxygen atoms in total. The van der Waals surface area contributed by atoms with Crippen LogP contribution >= 0.6 is 11.6 Å². The third kappa shape index (κ3) is 2.66. The molecule has 0 aliphatic rings. The van der Waals surface area contributed by atoms with Crippen LogP contribution < -0.4 is 0 Å². The first-order chi connectivity index (χ1) is 8.90. The van der Waals surface area contributed by atoms with E-state index in [4.69, 9.17) is 11.6 Å². The molecule has 19 heavy (non-hydrogen) atoms. The molecular weight excluding hydrogens is 270 g/mol. The lowest BCUT2D eigenvalue weighted by molar-refractivity contribution is 0.103. The van der Waals surface area contributed by atoms with Crippen molar-refractivity contribution >= 4 is 17.4 Å². The van der Waals surface area contributed by atoms with Gasteiger partial charge in [-0.1, -0.05) is 29.3 Å². The average molecular weight is 281 g/mol. The van der Waals surface area contributed by atoms with Gasteiger partial charge < -0.3 is 0 Å². The van der Waals surface area contributed by atoms with E-state index in [2.05, 4.69) is 0 Å². The van der Waals surface area contributed by atoms with Crippen molar-refractivity contribution in [2.24, 2.45) is 0 Å². The van der Waals surface area contributed by atoms with Crippen molar-refractivity contribution in [1.29, 1.82) is 0 Å². The number of ketones is 1. The predicted molar refractivity (Wildman–Crippen MR) is 70.7 cm³/mol. The van der Waals surface area contributed by atoms with Gasteiger partial charge in [0.1, 0.15) is 11.6 Å². The summed E-state index contributed by atoms with van der Waals surface area (Å²) in [7, 11) is 0. The Morgan fingerprint density at radius 2 is 1.68 bits per heavy atom. The van der Waals surface area contributed by atoms with E-state index in [-0.39, 0.29) is 10.6 Å². The van der Waals surface area contributed by atoms with Crippen LogP contribution in [-0.4, -0.2) is 5.78 Å². The molecule has 0 heterocycles. The normalized spacial score (nSPS) is 10.6. The molecule has 0 atom stereocenters. The third-order valence-corrected chi connectivity index (χ3v) is 3.18. The third-order valence-electron chi connectivity index (χ3n) is 2.89. The van der Waals surface area contributed by atoms with Gasteiger partial charge in [0.25, 0.3) is 0 Å². The van der Waals surface area contributed by atoms with Crippen molar-refractivity contribution in [2.45, 2.75) is 13.8 Å². The van der Waals surface area contributed by atoms with Crippen LogP contribution in [0.5, 0.6) is 0 Å². The first-order valence-electron chi connectivity index (χ1n) is 5.66. The van der Waals surface area contributed by atoms with Crippen molar-refractivity contribution in [3.8, 4) is 0 Å². The molecule has 2 aromatic carbocycles. The minimum atomic E-state index is -0.822. The van der Waals surface area contributed by atoms with Crippen LogP contribution in [-0.2, 0) is 0 Å². The zero-order valence-corrected chi connectivity index (χ0v) is 11.2. The van der Waals surface area contributed by atoms with Crippen molar-refractivity contribution < 1.29 is 13.6 Å². The largest absolute Gasteiger partial charge is 0.288 e. The second-order valence-electron chi connectivity index (χ2n) is 4.39. The van der Waals surface area contributed by atoms with E-state index >= 15 is 0 Å². The fourth-order valence-corrected chi connectivity index (χ4v) is 1.97. The molecule has 0 spiro atoms. The van der Waals surface area contributed by atoms with Gasteiger partial charge in [-0.05, 0) is 37.6 Å². The van der Waals surface area contributed by atoms with Crippen LogP contribution in [0.4, 0.5) is 8.78 Å². The SMILES string of the molecule is Cc1ccc(C)c(C(=O)c2cc(F)c(Cl)cc2F)c1. The maximum absolute atomic E-state index is 13.7. The maximum Gasteiger partial charge on any atom is 0.196 e. The minimum absolute atomic E-state index is 0.310. The minimum Gasteiger partial charge on any atom is -0.288 e. The molecule has 98 valence electrons. The fourth-order valence-electron chi connectivity index (χ4n) is 1.82. The van der Waals surface area contributed by atoms with Crippen LogP contribution in [0.25, 0.3) is 0 Å². The van der Waals surface area contributed by atoms with Crippen molar-refractivity contribution in [1.82, 2.24) is 0 Å². The molecule has 0 aliphatic heterocycles. The molecule has 2 aromatic rings. The standard InChI is InChI=1S/C15H11ClF2O/c1-8-3-4-9(2)10(5-8)15(19)11-6-14(18)12(16)7-13(11)17/h3-7H,1-2H3. The summed E-state index contributed by atoms with van der Waals surface area (Å²) in [4.78, 5) is 12.3. The molecule has 0 unspecified atom stereocenters. The van der Waals surface area contributed by atoms with E-state index in [1.165, 1.54) is 0 Å². The van der Waals surface area contributed by atoms with E-state index in [1.54, 1.807) is 19.1 Å². The second kappa shape index (κ2) is 5.10. The highest BCUT2D eigenvalue weighted by molar-refractivity contribution is 6.30. The van der Waals surface area contributed by atoms with E-state index in [0.717, 1.165) is 17.7 Å². The predicted octanol–water partition coefficient (Wildman–Crippen LogP) is 4.47. The quantitative estimate of drug-likeness (QED) is 0.586. The summed E-state index contributed by atoms with van der Waals surface area (Å²) in [5.74, 6) is -2.18. The Balaban J connectivity index is 2.56. The fraction of sp³-hybridized carbons (Fsp3) is 0.133. The summed E-state index contributed by atoms with van der Waals surface area (Å²) in [5.41, 5.74) is 1.64. The van der Waals surface area contributed by atoms with E-state index in [0.29, 0.717) is 11.1 Å². The van der Waals surface area contributed by atoms with Crippen LogP contribution in [0.1, 0.15) is 27.0 Å². The smallest absolute Gasteiger partial charge is 0.196 e. The molecule has 0 radical (unpaired) electrons. The first kappa shape index (κ1) is 13.7. The zero-order valence-electron chi connectivity index (χ0n) is 10.4. The van der Waals surface area contributed by atoms with Crippen molar-refractivity contribution in [2.75, 3.05) is 0 Å². The Labute approximate surface area is 114 Å². The number of carbonyl (C=O) groups excluding carboxylic acids is 1. The molecule has 2 rings (SSSR count). The summed E-state index contributed by atoms with van der Waals surface area (Å²) >= 11 is 5.47. The van der Waals surface area contributed by atoms with Crippen molar-refractivity contribution in [3.05, 3.63) is 69.2 Å². The summed E-state index contributed by atoms with van der Waals surface area (Å²) in [6.45, 7) is 3.58. The molecule has 0 aliphatic carbocycles. The van der Waals surface area contributed by atoms with Gasteiger partial charge in [0.05, 0.1) is 10.6 Å². The molecule has 0 bridgehead atoms. The van der Waals surface area contributed by atoms with Gasteiger partial charge in [-0.3, -0.25) is 4.79 Å². The highest BCUT2D eigenvalue weighted by Crippen LogP contribution is 2.23. The molecule has 0 fully saturated rings. The molecule has 0 amide bonds. The molecular formula is C15H11ClF2O. The lowest BCUT2D eigenvalue weighted by Gasteiger charge is -2.08. The van der Waals surface area contributed by atoms with Gasteiger partial charge >= 0.3 is 0 Å². The summed E-state index contributed by atoms with van der Waals surface area (Å²) in [5, 5.41) is -0.338. The number of hydrogen-bond acceptors (Lipinski definition) is 1. The van der Waals surface area contributed by atoms with Gasteiger partial charge in [0, 0.05) is 5.56 Å². The number of aryl methyl sites for hydroxylation is 2. The molecule has 0 aromatic heterocycles. The Morgan fingerprint density at radius 3 is 2.37 bits per heavy atom. The topological polar surface area (TPSA) is 17.1 Å². The number of carbonyl (C=O) groups is 1. The number of benzene rings is 2. The molecule has 4 heteroatoms. The Kier molecular flexibility index (Phi) is 3.67. The molecule has 0 saturated carbocycles. The number of rotatable bonds is 2. The van der Waals surface area contributed by atoms with Gasteiger partial charge in [0.2, 0.25) is 0 Å². The lowest BCUT2D eigenvalue weighted by Crippen LogP contribution is -2.07. The zero-order chi connectivity index (χ0) is 14.2. The van der Waals surface area contributed by atoms with E-state index < -0.39 is 17.4 Å². The Bertz CT molecular complexity index is 665. The highest BCUT2D eigenvalue weighted by Gasteiger charge is 2.18. The van der Waals surface area contributed by atoms with Gasteiger partial charge in [-0.25, -0.2) is 8.78 Å². The lowest BCUT2D eigenvalue weighted by atomic mass is 9.97. The van der Waals surface area contributed by atoms with Gasteiger partial charge in [-0.2, -0.15) is 0 Å². The van der Waals surface area contributed by atoms with Crippen LogP contribution in [0, 0.1) is 25.5 Å².